The van der Waals surface area contributed by atoms with E-state index in [1.165, 1.54) is 0 Å². The summed E-state index contributed by atoms with van der Waals surface area (Å²) in [5.74, 6) is -2.61. The molecule has 168 valence electrons. The molecule has 4 atom stereocenters. The van der Waals surface area contributed by atoms with Crippen LogP contribution in [0.1, 0.15) is 17.5 Å². The lowest BCUT2D eigenvalue weighted by Gasteiger charge is -2.43. The van der Waals surface area contributed by atoms with E-state index in [2.05, 4.69) is 26.6 Å². The molecule has 2 aromatic rings. The van der Waals surface area contributed by atoms with Crippen molar-refractivity contribution < 1.29 is 14.4 Å². The first-order chi connectivity index (χ1) is 15.2. The van der Waals surface area contributed by atoms with Crippen LogP contribution < -0.4 is 26.6 Å². The van der Waals surface area contributed by atoms with Crippen molar-refractivity contribution in [2.75, 3.05) is 10.6 Å². The fourth-order valence-electron chi connectivity index (χ4n) is 4.01. The maximum Gasteiger partial charge on any atom is 0.229 e. The van der Waals surface area contributed by atoms with Crippen molar-refractivity contribution in [1.29, 1.82) is 0 Å². The van der Waals surface area contributed by atoms with Gasteiger partial charge < -0.3 is 21.3 Å². The van der Waals surface area contributed by atoms with E-state index in [1.54, 1.807) is 18.2 Å². The molecule has 0 aliphatic carbocycles. The second-order valence-corrected chi connectivity index (χ2v) is 8.91. The third kappa shape index (κ3) is 4.67. The predicted octanol–water partition coefficient (Wildman–Crippen LogP) is 2.74. The molecule has 0 bridgehead atoms. The number of carbonyl (C=O) groups excluding carboxylic acids is 3. The maximum absolute atomic E-state index is 13.1. The highest BCUT2D eigenvalue weighted by Crippen LogP contribution is 2.30. The average molecular weight is 476 g/mol. The van der Waals surface area contributed by atoms with Gasteiger partial charge in [-0.1, -0.05) is 35.3 Å². The first kappa shape index (κ1) is 22.4. The molecule has 32 heavy (non-hydrogen) atoms. The quantitative estimate of drug-likeness (QED) is 0.466. The van der Waals surface area contributed by atoms with E-state index >= 15 is 0 Å². The van der Waals surface area contributed by atoms with Crippen LogP contribution in [0.2, 0.25) is 10.0 Å². The molecule has 2 fully saturated rings. The Hall–Kier alpha value is -2.81. The van der Waals surface area contributed by atoms with Gasteiger partial charge in [0.25, 0.3) is 0 Å². The smallest absolute Gasteiger partial charge is 0.229 e. The third-order valence-corrected chi connectivity index (χ3v) is 6.22. The lowest BCUT2D eigenvalue weighted by Crippen LogP contribution is -2.72. The van der Waals surface area contributed by atoms with Gasteiger partial charge in [0.2, 0.25) is 17.7 Å². The number of carbonyl (C=O) groups is 3. The molecule has 4 rings (SSSR count). The van der Waals surface area contributed by atoms with Gasteiger partial charge in [0.15, 0.2) is 6.29 Å². The zero-order valence-corrected chi connectivity index (χ0v) is 19.0. The van der Waals surface area contributed by atoms with Gasteiger partial charge in [-0.3, -0.25) is 19.7 Å². The van der Waals surface area contributed by atoms with E-state index in [1.807, 2.05) is 32.0 Å². The summed E-state index contributed by atoms with van der Waals surface area (Å²) in [7, 11) is 0. The Labute approximate surface area is 195 Å². The van der Waals surface area contributed by atoms with Gasteiger partial charge in [0.1, 0.15) is 0 Å². The number of piperidine rings is 1. The normalized spacial score (nSPS) is 24.8. The summed E-state index contributed by atoms with van der Waals surface area (Å²) in [6.45, 7) is 3.82. The summed E-state index contributed by atoms with van der Waals surface area (Å²) < 4.78 is 0. The topological polar surface area (TPSA) is 111 Å². The molecule has 4 unspecified atom stereocenters. The first-order valence-corrected chi connectivity index (χ1v) is 10.9. The SMILES string of the molecule is Cc1ccc(C)c(NC(=O)C2CC(=O)NC3NC(Nc4ccc(Cl)cc4Cl)NC(=O)C32)c1. The second-order valence-electron chi connectivity index (χ2n) is 8.07. The number of amides is 3. The standard InChI is InChI=1S/C22H23Cl2N5O3/c1-10-3-4-11(2)16(7-10)25-20(31)13-9-17(30)27-19-18(13)21(32)29-22(28-19)26-15-6-5-12(23)8-14(15)24/h3-8,13,18-19,22,26,28H,9H2,1-2H3,(H,25,31)(H,27,30)(H,29,32). The van der Waals surface area contributed by atoms with E-state index in [9.17, 15) is 14.4 Å². The Kier molecular flexibility index (Phi) is 6.28. The predicted molar refractivity (Wildman–Crippen MR) is 123 cm³/mol. The average Bonchev–Trinajstić information content (AvgIpc) is 2.72. The second kappa shape index (κ2) is 8.97. The molecule has 2 aromatic carbocycles. The number of fused-ring (bicyclic) bond motifs is 1. The molecule has 2 heterocycles. The van der Waals surface area contributed by atoms with Crippen molar-refractivity contribution in [2.45, 2.75) is 32.7 Å². The Morgan fingerprint density at radius 2 is 1.81 bits per heavy atom. The molecule has 2 aliphatic heterocycles. The summed E-state index contributed by atoms with van der Waals surface area (Å²) in [4.78, 5) is 38.4. The van der Waals surface area contributed by atoms with Gasteiger partial charge >= 0.3 is 0 Å². The number of benzene rings is 2. The highest BCUT2D eigenvalue weighted by atomic mass is 35.5. The lowest BCUT2D eigenvalue weighted by atomic mass is 9.81. The van der Waals surface area contributed by atoms with E-state index in [-0.39, 0.29) is 24.1 Å². The van der Waals surface area contributed by atoms with Crippen molar-refractivity contribution in [1.82, 2.24) is 16.0 Å². The van der Waals surface area contributed by atoms with Crippen LogP contribution in [0.4, 0.5) is 11.4 Å². The molecule has 5 N–H and O–H groups in total. The van der Waals surface area contributed by atoms with Crippen molar-refractivity contribution in [3.63, 3.8) is 0 Å². The van der Waals surface area contributed by atoms with E-state index < -0.39 is 24.3 Å². The zero-order chi connectivity index (χ0) is 23.0. The molecule has 2 saturated heterocycles. The minimum absolute atomic E-state index is 0.0753. The van der Waals surface area contributed by atoms with E-state index in [0.717, 1.165) is 11.1 Å². The Morgan fingerprint density at radius 1 is 1.03 bits per heavy atom. The van der Waals surface area contributed by atoms with Crippen molar-refractivity contribution in [3.8, 4) is 0 Å². The van der Waals surface area contributed by atoms with Crippen LogP contribution in [0.5, 0.6) is 0 Å². The maximum atomic E-state index is 13.1. The largest absolute Gasteiger partial charge is 0.352 e. The first-order valence-electron chi connectivity index (χ1n) is 10.2. The molecule has 0 saturated carbocycles. The van der Waals surface area contributed by atoms with Gasteiger partial charge in [-0.15, -0.1) is 0 Å². The third-order valence-electron chi connectivity index (χ3n) is 5.67. The van der Waals surface area contributed by atoms with Crippen LogP contribution in [-0.4, -0.2) is 30.2 Å². The minimum atomic E-state index is -0.818. The molecular formula is C22H23Cl2N5O3. The fraction of sp³-hybridized carbons (Fsp3) is 0.318. The molecular weight excluding hydrogens is 453 g/mol. The van der Waals surface area contributed by atoms with Crippen LogP contribution in [0.3, 0.4) is 0 Å². The number of halogens is 2. The summed E-state index contributed by atoms with van der Waals surface area (Å²) in [5.41, 5.74) is 3.12. The summed E-state index contributed by atoms with van der Waals surface area (Å²) >= 11 is 12.1. The van der Waals surface area contributed by atoms with Gasteiger partial charge in [0.05, 0.1) is 28.7 Å². The van der Waals surface area contributed by atoms with Gasteiger partial charge in [-0.05, 0) is 49.2 Å². The van der Waals surface area contributed by atoms with Crippen LogP contribution in [0.15, 0.2) is 36.4 Å². The number of hydrogen-bond donors (Lipinski definition) is 5. The van der Waals surface area contributed by atoms with Crippen molar-refractivity contribution in [3.05, 3.63) is 57.6 Å². The molecule has 0 radical (unpaired) electrons. The Morgan fingerprint density at radius 3 is 2.56 bits per heavy atom. The number of rotatable bonds is 4. The van der Waals surface area contributed by atoms with Crippen LogP contribution in [-0.2, 0) is 14.4 Å². The number of hydrogen-bond acceptors (Lipinski definition) is 5. The lowest BCUT2D eigenvalue weighted by molar-refractivity contribution is -0.144. The monoisotopic (exact) mass is 475 g/mol. The molecule has 3 amide bonds. The molecule has 10 heteroatoms. The van der Waals surface area contributed by atoms with Crippen molar-refractivity contribution in [2.24, 2.45) is 11.8 Å². The zero-order valence-electron chi connectivity index (χ0n) is 17.5. The highest BCUT2D eigenvalue weighted by molar-refractivity contribution is 6.36. The summed E-state index contributed by atoms with van der Waals surface area (Å²) in [6.07, 6.45) is -1.50. The van der Waals surface area contributed by atoms with E-state index in [4.69, 9.17) is 23.2 Å². The number of aryl methyl sites for hydroxylation is 2. The molecule has 8 nitrogen and oxygen atoms in total. The van der Waals surface area contributed by atoms with Crippen LogP contribution in [0.25, 0.3) is 0 Å². The van der Waals surface area contributed by atoms with Crippen molar-refractivity contribution >= 4 is 52.3 Å². The highest BCUT2D eigenvalue weighted by Gasteiger charge is 2.48. The van der Waals surface area contributed by atoms with Gasteiger partial charge in [0, 0.05) is 17.1 Å². The Bertz CT molecular complexity index is 1090. The number of anilines is 2. The van der Waals surface area contributed by atoms with Crippen LogP contribution in [0, 0.1) is 25.7 Å². The number of nitrogens with one attached hydrogen (secondary N) is 5. The molecule has 0 spiro atoms. The molecule has 0 aromatic heterocycles. The Balaban J connectivity index is 1.50. The summed E-state index contributed by atoms with van der Waals surface area (Å²) in [6, 6.07) is 10.7. The van der Waals surface area contributed by atoms with E-state index in [0.29, 0.717) is 21.4 Å². The molecule has 2 aliphatic rings. The van der Waals surface area contributed by atoms with Gasteiger partial charge in [-0.25, -0.2) is 0 Å². The van der Waals surface area contributed by atoms with Crippen LogP contribution >= 0.6 is 23.2 Å². The summed E-state index contributed by atoms with van der Waals surface area (Å²) in [5, 5.41) is 15.5. The minimum Gasteiger partial charge on any atom is -0.352 e. The fourth-order valence-corrected chi connectivity index (χ4v) is 4.47. The van der Waals surface area contributed by atoms with Gasteiger partial charge in [-0.2, -0.15) is 0 Å².